The molecule has 7 nitrogen and oxygen atoms in total. The number of aryl methyl sites for hydroxylation is 1. The first-order chi connectivity index (χ1) is 14.5. The van der Waals surface area contributed by atoms with Crippen LogP contribution in [0.4, 0.5) is 5.69 Å². The molecule has 1 aliphatic rings. The molecule has 1 aromatic carbocycles. The molecule has 0 bridgehead atoms. The molecular formula is C22H34ClN7. The summed E-state index contributed by atoms with van der Waals surface area (Å²) in [5.74, 6) is 0.872. The van der Waals surface area contributed by atoms with Gasteiger partial charge in [-0.05, 0) is 51.6 Å². The van der Waals surface area contributed by atoms with Crippen molar-refractivity contribution in [2.75, 3.05) is 45.2 Å². The molecular weight excluding hydrogens is 398 g/mol. The molecule has 0 amide bonds. The van der Waals surface area contributed by atoms with Crippen LogP contribution in [0.2, 0.25) is 5.02 Å². The lowest BCUT2D eigenvalue weighted by molar-refractivity contribution is 0.306. The lowest BCUT2D eigenvalue weighted by Gasteiger charge is -2.34. The SMILES string of the molecule is CCNC(=NCC(c1ccc(Cl)cc1)N(C)C)NC1CCCN(c2cnn(C)c2)C1. The molecule has 2 heterocycles. The molecule has 164 valence electrons. The van der Waals surface area contributed by atoms with Gasteiger partial charge in [0.25, 0.3) is 0 Å². The van der Waals surface area contributed by atoms with E-state index in [0.29, 0.717) is 12.6 Å². The number of nitrogens with one attached hydrogen (secondary N) is 2. The minimum absolute atomic E-state index is 0.191. The summed E-state index contributed by atoms with van der Waals surface area (Å²) in [4.78, 5) is 9.51. The number of piperidine rings is 1. The van der Waals surface area contributed by atoms with Crippen molar-refractivity contribution < 1.29 is 0 Å². The van der Waals surface area contributed by atoms with Crippen molar-refractivity contribution in [3.05, 3.63) is 47.2 Å². The molecule has 2 atom stereocenters. The monoisotopic (exact) mass is 431 g/mol. The van der Waals surface area contributed by atoms with Crippen LogP contribution in [0.15, 0.2) is 41.7 Å². The number of anilines is 1. The minimum atomic E-state index is 0.191. The smallest absolute Gasteiger partial charge is 0.191 e. The van der Waals surface area contributed by atoms with Gasteiger partial charge in [0.15, 0.2) is 5.96 Å². The summed E-state index contributed by atoms with van der Waals surface area (Å²) >= 11 is 6.06. The number of aliphatic imine (C=N–C) groups is 1. The van der Waals surface area contributed by atoms with Gasteiger partial charge in [0.1, 0.15) is 0 Å². The fourth-order valence-electron chi connectivity index (χ4n) is 3.84. The Hall–Kier alpha value is -2.25. The maximum Gasteiger partial charge on any atom is 0.191 e. The van der Waals surface area contributed by atoms with Crippen molar-refractivity contribution in [1.82, 2.24) is 25.3 Å². The molecule has 1 fully saturated rings. The van der Waals surface area contributed by atoms with E-state index in [1.807, 2.05) is 30.1 Å². The standard InChI is InChI=1S/C22H34ClN7/c1-5-24-22(25-14-21(28(2)3)17-8-10-18(23)11-9-17)27-19-7-6-12-30(15-19)20-13-26-29(4)16-20/h8-11,13,16,19,21H,5-7,12,14-15H2,1-4H3,(H2,24,25,27). The molecule has 0 aliphatic carbocycles. The van der Waals surface area contributed by atoms with Crippen molar-refractivity contribution in [2.45, 2.75) is 31.8 Å². The number of hydrogen-bond acceptors (Lipinski definition) is 4. The second kappa shape index (κ2) is 10.7. The molecule has 1 aliphatic heterocycles. The Morgan fingerprint density at radius 3 is 2.73 bits per heavy atom. The van der Waals surface area contributed by atoms with E-state index in [1.165, 1.54) is 11.3 Å². The molecule has 1 saturated heterocycles. The van der Waals surface area contributed by atoms with Crippen LogP contribution in [-0.2, 0) is 7.05 Å². The largest absolute Gasteiger partial charge is 0.367 e. The maximum atomic E-state index is 6.06. The molecule has 30 heavy (non-hydrogen) atoms. The molecule has 1 aromatic heterocycles. The third kappa shape index (κ3) is 6.12. The summed E-state index contributed by atoms with van der Waals surface area (Å²) < 4.78 is 1.86. The number of hydrogen-bond donors (Lipinski definition) is 2. The summed E-state index contributed by atoms with van der Waals surface area (Å²) in [6.07, 6.45) is 6.30. The van der Waals surface area contributed by atoms with Gasteiger partial charge in [-0.3, -0.25) is 9.67 Å². The summed E-state index contributed by atoms with van der Waals surface area (Å²) in [6, 6.07) is 8.58. The van der Waals surface area contributed by atoms with E-state index < -0.39 is 0 Å². The number of guanidine groups is 1. The fraction of sp³-hybridized carbons (Fsp3) is 0.545. The van der Waals surface area contributed by atoms with Crippen LogP contribution in [0, 0.1) is 0 Å². The van der Waals surface area contributed by atoms with Gasteiger partial charge < -0.3 is 20.4 Å². The van der Waals surface area contributed by atoms with E-state index in [4.69, 9.17) is 16.6 Å². The Bertz CT molecular complexity index is 815. The second-order valence-corrected chi connectivity index (χ2v) is 8.49. The van der Waals surface area contributed by atoms with Crippen LogP contribution in [-0.4, -0.2) is 67.0 Å². The zero-order chi connectivity index (χ0) is 21.5. The van der Waals surface area contributed by atoms with Crippen molar-refractivity contribution >= 4 is 23.2 Å². The van der Waals surface area contributed by atoms with Crippen molar-refractivity contribution in [3.8, 4) is 0 Å². The average Bonchev–Trinajstić information content (AvgIpc) is 3.16. The zero-order valence-electron chi connectivity index (χ0n) is 18.5. The molecule has 2 N–H and O–H groups in total. The van der Waals surface area contributed by atoms with Crippen molar-refractivity contribution in [2.24, 2.45) is 12.0 Å². The van der Waals surface area contributed by atoms with Gasteiger partial charge in [-0.15, -0.1) is 0 Å². The van der Waals surface area contributed by atoms with Crippen LogP contribution in [0.3, 0.4) is 0 Å². The number of aromatic nitrogens is 2. The van der Waals surface area contributed by atoms with Crippen LogP contribution in [0.5, 0.6) is 0 Å². The highest BCUT2D eigenvalue weighted by Crippen LogP contribution is 2.21. The highest BCUT2D eigenvalue weighted by atomic mass is 35.5. The van der Waals surface area contributed by atoms with Crippen LogP contribution in [0.1, 0.15) is 31.4 Å². The van der Waals surface area contributed by atoms with Crippen molar-refractivity contribution in [1.29, 1.82) is 0 Å². The molecule has 2 aromatic rings. The van der Waals surface area contributed by atoms with Crippen LogP contribution in [0.25, 0.3) is 0 Å². The van der Waals surface area contributed by atoms with E-state index in [9.17, 15) is 0 Å². The van der Waals surface area contributed by atoms with Gasteiger partial charge in [0, 0.05) is 43.9 Å². The number of benzene rings is 1. The highest BCUT2D eigenvalue weighted by molar-refractivity contribution is 6.30. The lowest BCUT2D eigenvalue weighted by atomic mass is 10.1. The normalized spacial score (nSPS) is 18.5. The quantitative estimate of drug-likeness (QED) is 0.521. The summed E-state index contributed by atoms with van der Waals surface area (Å²) in [5, 5.41) is 12.1. The van der Waals surface area contributed by atoms with E-state index in [1.54, 1.807) is 0 Å². The predicted octanol–water partition coefficient (Wildman–Crippen LogP) is 2.90. The van der Waals surface area contributed by atoms with Gasteiger partial charge in [-0.25, -0.2) is 0 Å². The summed E-state index contributed by atoms with van der Waals surface area (Å²) in [7, 11) is 6.13. The topological polar surface area (TPSA) is 60.7 Å². The Balaban J connectivity index is 1.66. The Morgan fingerprint density at radius 1 is 1.33 bits per heavy atom. The van der Waals surface area contributed by atoms with E-state index in [-0.39, 0.29) is 6.04 Å². The summed E-state index contributed by atoms with van der Waals surface area (Å²) in [5.41, 5.74) is 2.39. The van der Waals surface area contributed by atoms with E-state index >= 15 is 0 Å². The third-order valence-electron chi connectivity index (χ3n) is 5.46. The molecule has 8 heteroatoms. The molecule has 3 rings (SSSR count). The first-order valence-electron chi connectivity index (χ1n) is 10.7. The molecule has 0 saturated carbocycles. The number of halogens is 1. The van der Waals surface area contributed by atoms with Gasteiger partial charge in [-0.2, -0.15) is 5.10 Å². The molecule has 2 unspecified atom stereocenters. The van der Waals surface area contributed by atoms with Gasteiger partial charge in [-0.1, -0.05) is 23.7 Å². The number of nitrogens with zero attached hydrogens (tertiary/aromatic N) is 5. The third-order valence-corrected chi connectivity index (χ3v) is 5.72. The Labute approximate surface area is 185 Å². The van der Waals surface area contributed by atoms with Crippen molar-refractivity contribution in [3.63, 3.8) is 0 Å². The first kappa shape index (κ1) is 22.4. The van der Waals surface area contributed by atoms with E-state index in [0.717, 1.165) is 43.5 Å². The fourth-order valence-corrected chi connectivity index (χ4v) is 3.97. The van der Waals surface area contributed by atoms with E-state index in [2.05, 4.69) is 64.9 Å². The number of likely N-dealkylation sites (N-methyl/N-ethyl adjacent to an activating group) is 1. The predicted molar refractivity (Wildman–Crippen MR) is 125 cm³/mol. The second-order valence-electron chi connectivity index (χ2n) is 8.05. The Kier molecular flexibility index (Phi) is 7.99. The average molecular weight is 432 g/mol. The minimum Gasteiger partial charge on any atom is -0.367 e. The number of rotatable bonds is 7. The maximum absolute atomic E-state index is 6.06. The summed E-state index contributed by atoms with van der Waals surface area (Å²) in [6.45, 7) is 5.62. The molecule has 0 radical (unpaired) electrons. The first-order valence-corrected chi connectivity index (χ1v) is 11.0. The Morgan fingerprint density at radius 2 is 2.10 bits per heavy atom. The van der Waals surface area contributed by atoms with Gasteiger partial charge >= 0.3 is 0 Å². The molecule has 0 spiro atoms. The highest BCUT2D eigenvalue weighted by Gasteiger charge is 2.22. The lowest BCUT2D eigenvalue weighted by Crippen LogP contribution is -2.51. The van der Waals surface area contributed by atoms with Crippen LogP contribution < -0.4 is 15.5 Å². The zero-order valence-corrected chi connectivity index (χ0v) is 19.2. The van der Waals surface area contributed by atoms with Crippen LogP contribution >= 0.6 is 11.6 Å². The van der Waals surface area contributed by atoms with Gasteiger partial charge in [0.05, 0.1) is 24.5 Å². The van der Waals surface area contributed by atoms with Gasteiger partial charge in [0.2, 0.25) is 0 Å².